The van der Waals surface area contributed by atoms with Crippen LogP contribution in [-0.4, -0.2) is 18.2 Å². The Balaban J connectivity index is 2.53. The van der Waals surface area contributed by atoms with Gasteiger partial charge in [0.25, 0.3) is 0 Å². The smallest absolute Gasteiger partial charge is 0.416 e. The van der Waals surface area contributed by atoms with Crippen molar-refractivity contribution in [2.75, 3.05) is 6.54 Å². The SMILES string of the molecule is Cc1cc(C(F)(F)F)ccc1C#CCCNC(=O)OC(C)(C)C. The molecular formula is C17H20F3NO2. The largest absolute Gasteiger partial charge is 0.444 e. The zero-order valence-corrected chi connectivity index (χ0v) is 13.6. The van der Waals surface area contributed by atoms with Crippen molar-refractivity contribution in [3.8, 4) is 11.8 Å². The van der Waals surface area contributed by atoms with E-state index in [1.165, 1.54) is 6.07 Å². The lowest BCUT2D eigenvalue weighted by Crippen LogP contribution is -2.32. The summed E-state index contributed by atoms with van der Waals surface area (Å²) in [5.74, 6) is 5.62. The first-order valence-corrected chi connectivity index (χ1v) is 7.12. The maximum absolute atomic E-state index is 12.6. The van der Waals surface area contributed by atoms with Gasteiger partial charge in [0, 0.05) is 18.5 Å². The van der Waals surface area contributed by atoms with Crippen LogP contribution in [0.1, 0.15) is 43.9 Å². The van der Waals surface area contributed by atoms with Crippen LogP contribution >= 0.6 is 0 Å². The Morgan fingerprint density at radius 1 is 1.26 bits per heavy atom. The van der Waals surface area contributed by atoms with E-state index in [0.29, 0.717) is 24.1 Å². The molecule has 1 aromatic rings. The van der Waals surface area contributed by atoms with Crippen LogP contribution in [0.25, 0.3) is 0 Å². The van der Waals surface area contributed by atoms with E-state index in [4.69, 9.17) is 4.74 Å². The number of alkyl halides is 3. The Kier molecular flexibility index (Phi) is 6.08. The summed E-state index contributed by atoms with van der Waals surface area (Å²) >= 11 is 0. The number of benzene rings is 1. The molecule has 0 fully saturated rings. The summed E-state index contributed by atoms with van der Waals surface area (Å²) in [6.45, 7) is 7.18. The highest BCUT2D eigenvalue weighted by Gasteiger charge is 2.30. The highest BCUT2D eigenvalue weighted by Crippen LogP contribution is 2.30. The number of carbonyl (C=O) groups excluding carboxylic acids is 1. The molecule has 23 heavy (non-hydrogen) atoms. The van der Waals surface area contributed by atoms with E-state index < -0.39 is 23.4 Å². The lowest BCUT2D eigenvalue weighted by molar-refractivity contribution is -0.137. The minimum Gasteiger partial charge on any atom is -0.444 e. The van der Waals surface area contributed by atoms with Crippen LogP contribution in [0.2, 0.25) is 0 Å². The average Bonchev–Trinajstić information content (AvgIpc) is 2.36. The molecule has 0 spiro atoms. The molecule has 0 aliphatic rings. The summed E-state index contributed by atoms with van der Waals surface area (Å²) in [6, 6.07) is 3.44. The molecule has 0 aromatic heterocycles. The molecule has 3 nitrogen and oxygen atoms in total. The predicted octanol–water partition coefficient (Wildman–Crippen LogP) is 4.28. The first-order valence-electron chi connectivity index (χ1n) is 7.12. The Morgan fingerprint density at radius 2 is 1.91 bits per heavy atom. The fraction of sp³-hybridized carbons (Fsp3) is 0.471. The third-order valence-corrected chi connectivity index (χ3v) is 2.70. The number of ether oxygens (including phenoxy) is 1. The minimum absolute atomic E-state index is 0.307. The third-order valence-electron chi connectivity index (χ3n) is 2.70. The Bertz CT molecular complexity index is 619. The van der Waals surface area contributed by atoms with Crippen molar-refractivity contribution < 1.29 is 22.7 Å². The van der Waals surface area contributed by atoms with Gasteiger partial charge in [0.05, 0.1) is 5.56 Å². The van der Waals surface area contributed by atoms with Crippen LogP contribution in [0, 0.1) is 18.8 Å². The molecule has 0 heterocycles. The molecule has 0 bridgehead atoms. The minimum atomic E-state index is -4.35. The normalized spacial score (nSPS) is 11.4. The van der Waals surface area contributed by atoms with Gasteiger partial charge < -0.3 is 10.1 Å². The van der Waals surface area contributed by atoms with E-state index in [2.05, 4.69) is 17.2 Å². The monoisotopic (exact) mass is 327 g/mol. The molecule has 0 saturated heterocycles. The van der Waals surface area contributed by atoms with E-state index in [0.717, 1.165) is 12.1 Å². The quantitative estimate of drug-likeness (QED) is 0.650. The van der Waals surface area contributed by atoms with Gasteiger partial charge in [-0.15, -0.1) is 0 Å². The predicted molar refractivity (Wildman–Crippen MR) is 81.9 cm³/mol. The van der Waals surface area contributed by atoms with Gasteiger partial charge in [-0.3, -0.25) is 0 Å². The number of amides is 1. The number of carbonyl (C=O) groups is 1. The summed E-state index contributed by atoms with van der Waals surface area (Å²) in [6.07, 6.45) is -4.50. The Hall–Kier alpha value is -2.16. The van der Waals surface area contributed by atoms with Gasteiger partial charge in [0.1, 0.15) is 5.60 Å². The van der Waals surface area contributed by atoms with Gasteiger partial charge in [-0.2, -0.15) is 13.2 Å². The fourth-order valence-electron chi connectivity index (χ4n) is 1.68. The van der Waals surface area contributed by atoms with Crippen molar-refractivity contribution in [2.45, 2.75) is 45.9 Å². The molecule has 0 radical (unpaired) electrons. The van der Waals surface area contributed by atoms with Gasteiger partial charge >= 0.3 is 12.3 Å². The second-order valence-corrected chi connectivity index (χ2v) is 6.01. The fourth-order valence-corrected chi connectivity index (χ4v) is 1.68. The highest BCUT2D eigenvalue weighted by molar-refractivity contribution is 5.67. The zero-order valence-electron chi connectivity index (χ0n) is 13.6. The Labute approximate surface area is 134 Å². The van der Waals surface area contributed by atoms with Crippen LogP contribution in [0.3, 0.4) is 0 Å². The van der Waals surface area contributed by atoms with Crippen molar-refractivity contribution >= 4 is 6.09 Å². The number of nitrogens with one attached hydrogen (secondary N) is 1. The van der Waals surface area contributed by atoms with Gasteiger partial charge in [0.2, 0.25) is 0 Å². The molecule has 0 saturated carbocycles. The van der Waals surface area contributed by atoms with E-state index >= 15 is 0 Å². The van der Waals surface area contributed by atoms with E-state index in [1.54, 1.807) is 27.7 Å². The second-order valence-electron chi connectivity index (χ2n) is 6.01. The van der Waals surface area contributed by atoms with Gasteiger partial charge in [-0.25, -0.2) is 4.79 Å². The van der Waals surface area contributed by atoms with Gasteiger partial charge in [0.15, 0.2) is 0 Å². The molecule has 126 valence electrons. The molecule has 1 aromatic carbocycles. The number of halogens is 3. The molecule has 0 atom stereocenters. The molecule has 1 N–H and O–H groups in total. The lowest BCUT2D eigenvalue weighted by Gasteiger charge is -2.19. The first kappa shape index (κ1) is 18.9. The first-order chi connectivity index (χ1) is 10.5. The molecule has 1 amide bonds. The number of rotatable bonds is 2. The van der Waals surface area contributed by atoms with Crippen LogP contribution in [0.5, 0.6) is 0 Å². The number of aryl methyl sites for hydroxylation is 1. The topological polar surface area (TPSA) is 38.3 Å². The number of alkyl carbamates (subject to hydrolysis) is 1. The molecule has 6 heteroatoms. The molecule has 0 aliphatic carbocycles. The van der Waals surface area contributed by atoms with Crippen LogP contribution in [-0.2, 0) is 10.9 Å². The molecule has 1 rings (SSSR count). The highest BCUT2D eigenvalue weighted by atomic mass is 19.4. The lowest BCUT2D eigenvalue weighted by atomic mass is 10.1. The molecular weight excluding hydrogens is 307 g/mol. The van der Waals surface area contributed by atoms with E-state index in [-0.39, 0.29) is 0 Å². The maximum atomic E-state index is 12.6. The summed E-state index contributed by atoms with van der Waals surface area (Å²) in [7, 11) is 0. The standard InChI is InChI=1S/C17H20F3NO2/c1-12-11-14(17(18,19)20)9-8-13(12)7-5-6-10-21-15(22)23-16(2,3)4/h8-9,11H,6,10H2,1-4H3,(H,21,22). The van der Waals surface area contributed by atoms with E-state index in [1.807, 2.05) is 0 Å². The summed E-state index contributed by atoms with van der Waals surface area (Å²) in [4.78, 5) is 11.4. The summed E-state index contributed by atoms with van der Waals surface area (Å²) < 4.78 is 42.7. The summed E-state index contributed by atoms with van der Waals surface area (Å²) in [5, 5.41) is 2.56. The second kappa shape index (κ2) is 7.40. The van der Waals surface area contributed by atoms with Crippen molar-refractivity contribution in [1.29, 1.82) is 0 Å². The number of hydrogen-bond donors (Lipinski definition) is 1. The maximum Gasteiger partial charge on any atom is 0.416 e. The van der Waals surface area contributed by atoms with Crippen molar-refractivity contribution in [2.24, 2.45) is 0 Å². The Morgan fingerprint density at radius 3 is 2.43 bits per heavy atom. The molecule has 0 unspecified atom stereocenters. The van der Waals surface area contributed by atoms with Crippen LogP contribution < -0.4 is 5.32 Å². The average molecular weight is 327 g/mol. The van der Waals surface area contributed by atoms with Crippen LogP contribution in [0.15, 0.2) is 18.2 Å². The van der Waals surface area contributed by atoms with Crippen LogP contribution in [0.4, 0.5) is 18.0 Å². The van der Waals surface area contributed by atoms with E-state index in [9.17, 15) is 18.0 Å². The van der Waals surface area contributed by atoms with Gasteiger partial charge in [-0.1, -0.05) is 11.8 Å². The third kappa shape index (κ3) is 7.09. The summed E-state index contributed by atoms with van der Waals surface area (Å²) in [5.41, 5.74) is -0.248. The molecule has 0 aliphatic heterocycles. The zero-order chi connectivity index (χ0) is 17.7. The van der Waals surface area contributed by atoms with Crippen molar-refractivity contribution in [1.82, 2.24) is 5.32 Å². The van der Waals surface area contributed by atoms with Crippen molar-refractivity contribution in [3.63, 3.8) is 0 Å². The van der Waals surface area contributed by atoms with Crippen molar-refractivity contribution in [3.05, 3.63) is 34.9 Å². The number of hydrogen-bond acceptors (Lipinski definition) is 2. The van der Waals surface area contributed by atoms with Gasteiger partial charge in [-0.05, 0) is 51.5 Å².